The average molecular weight is 366 g/mol. The number of carbonyl (C=O) groups is 1. The van der Waals surface area contributed by atoms with Crippen LogP contribution in [0.2, 0.25) is 0 Å². The van der Waals surface area contributed by atoms with E-state index in [0.29, 0.717) is 17.0 Å². The van der Waals surface area contributed by atoms with Crippen LogP contribution >= 0.6 is 27.3 Å². The van der Waals surface area contributed by atoms with Gasteiger partial charge in [-0.15, -0.1) is 11.3 Å². The molecule has 0 saturated carbocycles. The Bertz CT molecular complexity index is 715. The summed E-state index contributed by atoms with van der Waals surface area (Å²) >= 11 is 4.72. The van der Waals surface area contributed by atoms with E-state index in [9.17, 15) is 4.79 Å². The molecule has 1 heterocycles. The van der Waals surface area contributed by atoms with Gasteiger partial charge in [0.1, 0.15) is 12.4 Å². The van der Waals surface area contributed by atoms with Crippen LogP contribution in [-0.2, 0) is 0 Å². The molecule has 0 unspecified atom stereocenters. The van der Waals surface area contributed by atoms with Crippen molar-refractivity contribution in [1.82, 2.24) is 0 Å². The molecule has 108 valence electrons. The molecular weight excluding hydrogens is 354 g/mol. The van der Waals surface area contributed by atoms with Crippen LogP contribution < -0.4 is 10.1 Å². The fourth-order valence-electron chi connectivity index (χ4n) is 1.60. The van der Waals surface area contributed by atoms with Crippen molar-refractivity contribution in [1.29, 1.82) is 0 Å². The number of methoxy groups -OCH3 is 1. The highest BCUT2D eigenvalue weighted by Gasteiger charge is 2.09. The fraction of sp³-hybridized carbons (Fsp3) is 0.133. The molecular formula is C15H12BrNO3S. The summed E-state index contributed by atoms with van der Waals surface area (Å²) in [5, 5.41) is 13.2. The van der Waals surface area contributed by atoms with E-state index in [1.807, 2.05) is 6.07 Å². The Morgan fingerprint density at radius 2 is 2.24 bits per heavy atom. The molecule has 0 bridgehead atoms. The van der Waals surface area contributed by atoms with E-state index in [-0.39, 0.29) is 12.5 Å². The highest BCUT2D eigenvalue weighted by atomic mass is 79.9. The summed E-state index contributed by atoms with van der Waals surface area (Å²) in [6.45, 7) is -0.197. The lowest BCUT2D eigenvalue weighted by Crippen LogP contribution is -2.10. The van der Waals surface area contributed by atoms with Crippen LogP contribution in [0, 0.1) is 11.8 Å². The first kappa shape index (κ1) is 15.6. The number of amides is 1. The number of aliphatic hydroxyl groups excluding tert-OH is 1. The summed E-state index contributed by atoms with van der Waals surface area (Å²) in [6.07, 6.45) is 0. The zero-order valence-corrected chi connectivity index (χ0v) is 13.5. The minimum absolute atomic E-state index is 0.197. The van der Waals surface area contributed by atoms with Crippen molar-refractivity contribution >= 4 is 38.9 Å². The van der Waals surface area contributed by atoms with Crippen molar-refractivity contribution in [2.75, 3.05) is 19.0 Å². The molecule has 0 radical (unpaired) electrons. The SMILES string of the molecule is COc1cc(Br)cc(NC(=O)c2csc(C#CCO)c2)c1. The molecule has 0 aliphatic carbocycles. The van der Waals surface area contributed by atoms with Gasteiger partial charge in [0, 0.05) is 21.6 Å². The topological polar surface area (TPSA) is 58.6 Å². The Morgan fingerprint density at radius 3 is 2.95 bits per heavy atom. The van der Waals surface area contributed by atoms with Crippen molar-refractivity contribution < 1.29 is 14.6 Å². The lowest BCUT2D eigenvalue weighted by Gasteiger charge is -2.07. The summed E-state index contributed by atoms with van der Waals surface area (Å²) in [5.74, 6) is 5.76. The number of hydrogen-bond acceptors (Lipinski definition) is 4. The Hall–Kier alpha value is -1.81. The number of anilines is 1. The largest absolute Gasteiger partial charge is 0.497 e. The second kappa shape index (κ2) is 7.27. The normalized spacial score (nSPS) is 9.67. The maximum atomic E-state index is 12.2. The molecule has 2 rings (SSSR count). The van der Waals surface area contributed by atoms with E-state index in [4.69, 9.17) is 9.84 Å². The second-order valence-corrected chi connectivity index (χ2v) is 5.82. The van der Waals surface area contributed by atoms with Gasteiger partial charge in [0.25, 0.3) is 5.91 Å². The zero-order chi connectivity index (χ0) is 15.2. The first-order valence-corrected chi connectivity index (χ1v) is 7.64. The van der Waals surface area contributed by atoms with Crippen molar-refractivity contribution in [2.45, 2.75) is 0 Å². The minimum atomic E-state index is -0.219. The molecule has 0 aliphatic heterocycles. The molecule has 1 aromatic heterocycles. The summed E-state index contributed by atoms with van der Waals surface area (Å²) in [5.41, 5.74) is 1.17. The Balaban J connectivity index is 2.14. The number of ether oxygens (including phenoxy) is 1. The molecule has 0 atom stereocenters. The number of rotatable bonds is 3. The molecule has 6 heteroatoms. The van der Waals surface area contributed by atoms with E-state index >= 15 is 0 Å². The van der Waals surface area contributed by atoms with Crippen molar-refractivity contribution in [3.8, 4) is 17.6 Å². The smallest absolute Gasteiger partial charge is 0.256 e. The first-order chi connectivity index (χ1) is 10.1. The highest BCUT2D eigenvalue weighted by Crippen LogP contribution is 2.25. The number of benzene rings is 1. The predicted molar refractivity (Wildman–Crippen MR) is 86.9 cm³/mol. The third kappa shape index (κ3) is 4.33. The van der Waals surface area contributed by atoms with Crippen molar-refractivity contribution in [2.24, 2.45) is 0 Å². The third-order valence-electron chi connectivity index (χ3n) is 2.52. The predicted octanol–water partition coefficient (Wildman–Crippen LogP) is 3.12. The molecule has 0 spiro atoms. The second-order valence-electron chi connectivity index (χ2n) is 3.99. The van der Waals surface area contributed by atoms with Crippen LogP contribution in [0.4, 0.5) is 5.69 Å². The van der Waals surface area contributed by atoms with Crippen LogP contribution in [0.3, 0.4) is 0 Å². The van der Waals surface area contributed by atoms with Gasteiger partial charge in [-0.3, -0.25) is 4.79 Å². The lowest BCUT2D eigenvalue weighted by molar-refractivity contribution is 0.102. The van der Waals surface area contributed by atoms with Crippen LogP contribution in [0.15, 0.2) is 34.1 Å². The Kier molecular flexibility index (Phi) is 5.39. The van der Waals surface area contributed by atoms with E-state index in [1.54, 1.807) is 30.7 Å². The summed E-state index contributed by atoms with van der Waals surface area (Å²) in [4.78, 5) is 12.9. The minimum Gasteiger partial charge on any atom is -0.497 e. The van der Waals surface area contributed by atoms with Crippen LogP contribution in [-0.4, -0.2) is 24.7 Å². The van der Waals surface area contributed by atoms with Crippen LogP contribution in [0.1, 0.15) is 15.2 Å². The molecule has 2 N–H and O–H groups in total. The average Bonchev–Trinajstić information content (AvgIpc) is 2.93. The van der Waals surface area contributed by atoms with E-state index in [0.717, 1.165) is 9.35 Å². The molecule has 1 amide bonds. The zero-order valence-electron chi connectivity index (χ0n) is 11.1. The quantitative estimate of drug-likeness (QED) is 0.821. The number of aliphatic hydroxyl groups is 1. The lowest BCUT2D eigenvalue weighted by atomic mass is 10.2. The fourth-order valence-corrected chi connectivity index (χ4v) is 2.83. The monoisotopic (exact) mass is 365 g/mol. The molecule has 0 aliphatic rings. The van der Waals surface area contributed by atoms with Gasteiger partial charge in [0.2, 0.25) is 0 Å². The van der Waals surface area contributed by atoms with E-state index < -0.39 is 0 Å². The molecule has 2 aromatic rings. The van der Waals surface area contributed by atoms with Crippen LogP contribution in [0.25, 0.3) is 0 Å². The number of halogens is 1. The van der Waals surface area contributed by atoms with E-state index in [1.165, 1.54) is 11.3 Å². The van der Waals surface area contributed by atoms with Gasteiger partial charge < -0.3 is 15.2 Å². The number of thiophene rings is 1. The first-order valence-electron chi connectivity index (χ1n) is 5.96. The Morgan fingerprint density at radius 1 is 1.43 bits per heavy atom. The van der Waals surface area contributed by atoms with Crippen molar-refractivity contribution in [3.63, 3.8) is 0 Å². The standard InChI is InChI=1S/C15H12BrNO3S/c1-20-13-7-11(16)6-12(8-13)17-15(19)10-5-14(21-9-10)3-2-4-18/h5-9,18H,4H2,1H3,(H,17,19). The maximum absolute atomic E-state index is 12.2. The number of nitrogens with one attached hydrogen (secondary N) is 1. The molecule has 0 fully saturated rings. The highest BCUT2D eigenvalue weighted by molar-refractivity contribution is 9.10. The van der Waals surface area contributed by atoms with Gasteiger partial charge in [0.05, 0.1) is 17.6 Å². The van der Waals surface area contributed by atoms with Gasteiger partial charge in [0.15, 0.2) is 0 Å². The summed E-state index contributed by atoms with van der Waals surface area (Å²) in [7, 11) is 1.57. The Labute approximate surface area is 134 Å². The van der Waals surface area contributed by atoms with Gasteiger partial charge in [-0.2, -0.15) is 0 Å². The van der Waals surface area contributed by atoms with Crippen LogP contribution in [0.5, 0.6) is 5.75 Å². The van der Waals surface area contributed by atoms with Gasteiger partial charge in [-0.25, -0.2) is 0 Å². The van der Waals surface area contributed by atoms with Gasteiger partial charge >= 0.3 is 0 Å². The molecule has 0 saturated heterocycles. The number of hydrogen-bond donors (Lipinski definition) is 2. The molecule has 21 heavy (non-hydrogen) atoms. The third-order valence-corrected chi connectivity index (χ3v) is 3.82. The summed E-state index contributed by atoms with van der Waals surface area (Å²) in [6, 6.07) is 7.03. The van der Waals surface area contributed by atoms with Gasteiger partial charge in [-0.05, 0) is 18.2 Å². The van der Waals surface area contributed by atoms with E-state index in [2.05, 4.69) is 33.1 Å². The maximum Gasteiger partial charge on any atom is 0.256 e. The van der Waals surface area contributed by atoms with Crippen molar-refractivity contribution in [3.05, 3.63) is 44.6 Å². The summed E-state index contributed by atoms with van der Waals surface area (Å²) < 4.78 is 5.97. The van der Waals surface area contributed by atoms with Gasteiger partial charge in [-0.1, -0.05) is 27.8 Å². The molecule has 1 aromatic carbocycles. The molecule has 4 nitrogen and oxygen atoms in total. The number of carbonyl (C=O) groups excluding carboxylic acids is 1.